The van der Waals surface area contributed by atoms with Crippen LogP contribution in [-0.2, 0) is 25.6 Å². The van der Waals surface area contributed by atoms with Crippen molar-refractivity contribution in [3.8, 4) is 0 Å². The molecule has 1 unspecified atom stereocenters. The predicted molar refractivity (Wildman–Crippen MR) is 137 cm³/mol. The second-order valence-corrected chi connectivity index (χ2v) is 8.41. The molecule has 3 rings (SSSR count). The van der Waals surface area contributed by atoms with Gasteiger partial charge in [-0.25, -0.2) is 0 Å². The summed E-state index contributed by atoms with van der Waals surface area (Å²) >= 11 is 0. The molecule has 1 aromatic heterocycles. The Balaban J connectivity index is 1.26. The molecule has 3 aromatic rings. The number of nitrogens with one attached hydrogen (secondary N) is 6. The molecule has 1 atom stereocenters. The van der Waals surface area contributed by atoms with Gasteiger partial charge in [0.05, 0.1) is 26.2 Å². The van der Waals surface area contributed by atoms with E-state index >= 15 is 0 Å². The third-order valence-electron chi connectivity index (χ3n) is 5.39. The van der Waals surface area contributed by atoms with Crippen LogP contribution in [0.3, 0.4) is 0 Å². The van der Waals surface area contributed by atoms with E-state index in [4.69, 9.17) is 0 Å². The standard InChI is InChI=1S/C26H30N6O5/c1-17(11-19-12-27-21-10-6-5-9-20(19)21)32-25(36)16-30-23(34)14-28-22(33)13-29-24(35)15-31-26(37)18-7-3-2-4-8-18/h2-10,12,17,27H,11,13-16H2,1H3,(H,28,33)(H,29,35)(H,30,34)(H,31,37)(H,32,36). The topological polar surface area (TPSA) is 161 Å². The molecule has 0 saturated heterocycles. The molecule has 37 heavy (non-hydrogen) atoms. The highest BCUT2D eigenvalue weighted by atomic mass is 16.2. The Kier molecular flexibility index (Phi) is 9.77. The summed E-state index contributed by atoms with van der Waals surface area (Å²) in [4.78, 5) is 62.9. The second-order valence-electron chi connectivity index (χ2n) is 8.41. The molecular weight excluding hydrogens is 476 g/mol. The normalized spacial score (nSPS) is 11.3. The van der Waals surface area contributed by atoms with Crippen LogP contribution in [0.4, 0.5) is 0 Å². The molecule has 1 heterocycles. The van der Waals surface area contributed by atoms with Crippen LogP contribution in [0.5, 0.6) is 0 Å². The Morgan fingerprint density at radius 2 is 1.24 bits per heavy atom. The number of aromatic nitrogens is 1. The summed E-state index contributed by atoms with van der Waals surface area (Å²) in [5.41, 5.74) is 2.53. The molecule has 0 radical (unpaired) electrons. The minimum Gasteiger partial charge on any atom is -0.361 e. The first-order valence-electron chi connectivity index (χ1n) is 11.8. The summed E-state index contributed by atoms with van der Waals surface area (Å²) in [5.74, 6) is -2.45. The van der Waals surface area contributed by atoms with Gasteiger partial charge in [-0.3, -0.25) is 24.0 Å². The fourth-order valence-corrected chi connectivity index (χ4v) is 3.58. The van der Waals surface area contributed by atoms with Gasteiger partial charge >= 0.3 is 0 Å². The number of hydrogen-bond donors (Lipinski definition) is 6. The molecule has 11 nitrogen and oxygen atoms in total. The van der Waals surface area contributed by atoms with E-state index in [0.717, 1.165) is 16.5 Å². The molecule has 194 valence electrons. The number of carbonyl (C=O) groups is 5. The maximum atomic E-state index is 12.2. The van der Waals surface area contributed by atoms with Crippen LogP contribution >= 0.6 is 0 Å². The summed E-state index contributed by atoms with van der Waals surface area (Å²) < 4.78 is 0. The monoisotopic (exact) mass is 506 g/mol. The van der Waals surface area contributed by atoms with Crippen LogP contribution in [0, 0.1) is 0 Å². The van der Waals surface area contributed by atoms with Crippen molar-refractivity contribution in [2.45, 2.75) is 19.4 Å². The van der Waals surface area contributed by atoms with Crippen LogP contribution in [0.2, 0.25) is 0 Å². The molecule has 0 saturated carbocycles. The Morgan fingerprint density at radius 3 is 1.89 bits per heavy atom. The maximum Gasteiger partial charge on any atom is 0.251 e. The van der Waals surface area contributed by atoms with E-state index in [-0.39, 0.29) is 38.1 Å². The minimum atomic E-state index is -0.588. The van der Waals surface area contributed by atoms with Gasteiger partial charge in [0.25, 0.3) is 5.91 Å². The minimum absolute atomic E-state index is 0.149. The lowest BCUT2D eigenvalue weighted by Crippen LogP contribution is -2.46. The van der Waals surface area contributed by atoms with Crippen molar-refractivity contribution in [2.24, 2.45) is 0 Å². The van der Waals surface area contributed by atoms with E-state index in [9.17, 15) is 24.0 Å². The number of para-hydroxylation sites is 1. The van der Waals surface area contributed by atoms with E-state index in [1.807, 2.05) is 37.4 Å². The number of hydrogen-bond acceptors (Lipinski definition) is 5. The van der Waals surface area contributed by atoms with Crippen molar-refractivity contribution in [2.75, 3.05) is 26.2 Å². The Bertz CT molecular complexity index is 1260. The molecule has 2 aromatic carbocycles. The number of amides is 5. The fraction of sp³-hybridized carbons (Fsp3) is 0.269. The van der Waals surface area contributed by atoms with Crippen LogP contribution in [-0.4, -0.2) is 66.7 Å². The maximum absolute atomic E-state index is 12.2. The van der Waals surface area contributed by atoms with Crippen molar-refractivity contribution >= 4 is 40.4 Å². The molecule has 0 aliphatic rings. The first kappa shape index (κ1) is 26.9. The van der Waals surface area contributed by atoms with Crippen LogP contribution in [0.25, 0.3) is 10.9 Å². The summed E-state index contributed by atoms with van der Waals surface area (Å²) in [5, 5.41) is 13.5. The number of benzene rings is 2. The zero-order chi connectivity index (χ0) is 26.6. The van der Waals surface area contributed by atoms with E-state index in [2.05, 4.69) is 31.6 Å². The Hall–Kier alpha value is -4.67. The SMILES string of the molecule is CC(Cc1c[nH]c2ccccc12)NC(=O)CNC(=O)CNC(=O)CNC(=O)CNC(=O)c1ccccc1. The molecule has 11 heteroatoms. The van der Waals surface area contributed by atoms with Crippen LogP contribution in [0.1, 0.15) is 22.8 Å². The summed E-state index contributed by atoms with van der Waals surface area (Å²) in [6.07, 6.45) is 2.54. The number of H-pyrrole nitrogens is 1. The molecular formula is C26H30N6O5. The van der Waals surface area contributed by atoms with Crippen LogP contribution in [0.15, 0.2) is 60.8 Å². The van der Waals surface area contributed by atoms with Gasteiger partial charge in [0.15, 0.2) is 0 Å². The molecule has 6 N–H and O–H groups in total. The summed E-state index contributed by atoms with van der Waals surface area (Å²) in [7, 11) is 0. The van der Waals surface area contributed by atoms with Crippen molar-refractivity contribution in [3.63, 3.8) is 0 Å². The third-order valence-corrected chi connectivity index (χ3v) is 5.39. The van der Waals surface area contributed by atoms with Gasteiger partial charge in [-0.2, -0.15) is 0 Å². The lowest BCUT2D eigenvalue weighted by Gasteiger charge is -2.14. The second kappa shape index (κ2) is 13.4. The zero-order valence-electron chi connectivity index (χ0n) is 20.4. The average Bonchev–Trinajstić information content (AvgIpc) is 3.31. The third kappa shape index (κ3) is 8.80. The highest BCUT2D eigenvalue weighted by Crippen LogP contribution is 2.18. The van der Waals surface area contributed by atoms with Gasteiger partial charge in [-0.05, 0) is 37.1 Å². The van der Waals surface area contributed by atoms with Gasteiger partial charge in [0.2, 0.25) is 23.6 Å². The van der Waals surface area contributed by atoms with Gasteiger partial charge in [0.1, 0.15) is 0 Å². The fourth-order valence-electron chi connectivity index (χ4n) is 3.58. The number of fused-ring (bicyclic) bond motifs is 1. The highest BCUT2D eigenvalue weighted by molar-refractivity contribution is 5.97. The van der Waals surface area contributed by atoms with E-state index in [1.165, 1.54) is 0 Å². The Labute approximate surface area is 213 Å². The van der Waals surface area contributed by atoms with Crippen molar-refractivity contribution in [1.82, 2.24) is 31.6 Å². The lowest BCUT2D eigenvalue weighted by atomic mass is 10.1. The van der Waals surface area contributed by atoms with Crippen molar-refractivity contribution in [3.05, 3.63) is 71.9 Å². The van der Waals surface area contributed by atoms with Gasteiger partial charge in [-0.15, -0.1) is 0 Å². The zero-order valence-corrected chi connectivity index (χ0v) is 20.4. The molecule has 5 amide bonds. The van der Waals surface area contributed by atoms with E-state index in [0.29, 0.717) is 12.0 Å². The van der Waals surface area contributed by atoms with Gasteiger partial charge < -0.3 is 31.6 Å². The summed E-state index contributed by atoms with van der Waals surface area (Å²) in [6, 6.07) is 16.2. The van der Waals surface area contributed by atoms with Crippen molar-refractivity contribution < 1.29 is 24.0 Å². The van der Waals surface area contributed by atoms with Crippen molar-refractivity contribution in [1.29, 1.82) is 0 Å². The van der Waals surface area contributed by atoms with Crippen LogP contribution < -0.4 is 26.6 Å². The highest BCUT2D eigenvalue weighted by Gasteiger charge is 2.13. The van der Waals surface area contributed by atoms with E-state index in [1.54, 1.807) is 30.3 Å². The summed E-state index contributed by atoms with van der Waals surface area (Å²) in [6.45, 7) is 0.639. The molecule has 0 spiro atoms. The molecule has 0 fully saturated rings. The first-order chi connectivity index (χ1) is 17.8. The Morgan fingerprint density at radius 1 is 0.703 bits per heavy atom. The average molecular weight is 507 g/mol. The predicted octanol–water partition coefficient (Wildman–Crippen LogP) is -0.00630. The largest absolute Gasteiger partial charge is 0.361 e. The molecule has 0 aliphatic carbocycles. The molecule has 0 aliphatic heterocycles. The number of aromatic amines is 1. The molecule has 0 bridgehead atoms. The quantitative estimate of drug-likeness (QED) is 0.203. The first-order valence-corrected chi connectivity index (χ1v) is 11.8. The number of carbonyl (C=O) groups excluding carboxylic acids is 5. The van der Waals surface area contributed by atoms with E-state index < -0.39 is 23.6 Å². The van der Waals surface area contributed by atoms with Gasteiger partial charge in [-0.1, -0.05) is 36.4 Å². The number of rotatable bonds is 12. The van der Waals surface area contributed by atoms with Gasteiger partial charge in [0, 0.05) is 28.7 Å². The smallest absolute Gasteiger partial charge is 0.251 e. The lowest BCUT2D eigenvalue weighted by molar-refractivity contribution is -0.128.